The van der Waals surface area contributed by atoms with E-state index >= 15 is 0 Å². The molecule has 8 heteroatoms. The van der Waals surface area contributed by atoms with E-state index in [1.165, 1.54) is 30.5 Å². The second-order valence-corrected chi connectivity index (χ2v) is 5.02. The van der Waals surface area contributed by atoms with Crippen molar-refractivity contribution in [1.82, 2.24) is 4.98 Å². The lowest BCUT2D eigenvalue weighted by atomic mass is 10.1. The van der Waals surface area contributed by atoms with Gasteiger partial charge in [-0.1, -0.05) is 0 Å². The number of halogens is 3. The molecule has 3 rings (SSSR count). The molecular formula is C16H10F3N3O2. The number of nitrogens with zero attached hydrogens (tertiary/aromatic N) is 2. The smallest absolute Gasteiger partial charge is 0.356 e. The van der Waals surface area contributed by atoms with Crippen LogP contribution in [-0.2, 0) is 6.18 Å². The predicted octanol–water partition coefficient (Wildman–Crippen LogP) is 4.91. The van der Waals surface area contributed by atoms with Gasteiger partial charge in [-0.3, -0.25) is 15.1 Å². The third-order valence-corrected chi connectivity index (χ3v) is 3.42. The Morgan fingerprint density at radius 3 is 2.29 bits per heavy atom. The summed E-state index contributed by atoms with van der Waals surface area (Å²) in [6.45, 7) is 0. The van der Waals surface area contributed by atoms with Gasteiger partial charge in [-0.05, 0) is 42.5 Å². The molecule has 0 saturated heterocycles. The Balaban J connectivity index is 1.93. The van der Waals surface area contributed by atoms with Gasteiger partial charge in [0.2, 0.25) is 0 Å². The number of pyridine rings is 1. The summed E-state index contributed by atoms with van der Waals surface area (Å²) in [6, 6.07) is 10.6. The van der Waals surface area contributed by atoms with E-state index in [9.17, 15) is 23.3 Å². The Morgan fingerprint density at radius 1 is 1.00 bits per heavy atom. The van der Waals surface area contributed by atoms with Crippen molar-refractivity contribution in [3.8, 4) is 0 Å². The van der Waals surface area contributed by atoms with Crippen molar-refractivity contribution in [3.05, 3.63) is 70.4 Å². The fourth-order valence-corrected chi connectivity index (χ4v) is 2.28. The summed E-state index contributed by atoms with van der Waals surface area (Å²) in [5, 5.41) is 14.3. The first-order chi connectivity index (χ1) is 11.3. The molecule has 5 nitrogen and oxygen atoms in total. The second kappa shape index (κ2) is 5.80. The molecular weight excluding hydrogens is 323 g/mol. The van der Waals surface area contributed by atoms with Gasteiger partial charge in [0.05, 0.1) is 21.4 Å². The number of benzene rings is 2. The molecule has 0 unspecified atom stereocenters. The zero-order valence-electron chi connectivity index (χ0n) is 12.0. The molecule has 0 atom stereocenters. The van der Waals surface area contributed by atoms with E-state index in [0.717, 1.165) is 12.1 Å². The van der Waals surface area contributed by atoms with E-state index in [1.54, 1.807) is 12.1 Å². The molecule has 122 valence electrons. The number of hydrogen-bond acceptors (Lipinski definition) is 4. The number of anilines is 2. The third kappa shape index (κ3) is 3.12. The molecule has 0 aliphatic carbocycles. The number of aromatic nitrogens is 1. The van der Waals surface area contributed by atoms with Crippen LogP contribution >= 0.6 is 0 Å². The molecule has 0 spiro atoms. The maximum absolute atomic E-state index is 12.5. The number of alkyl halides is 3. The largest absolute Gasteiger partial charge is 0.416 e. The number of rotatable bonds is 3. The average Bonchev–Trinajstić information content (AvgIpc) is 2.53. The van der Waals surface area contributed by atoms with Gasteiger partial charge < -0.3 is 5.32 Å². The van der Waals surface area contributed by atoms with Crippen molar-refractivity contribution in [2.24, 2.45) is 0 Å². The summed E-state index contributed by atoms with van der Waals surface area (Å²) < 4.78 is 37.6. The molecule has 0 radical (unpaired) electrons. The van der Waals surface area contributed by atoms with Gasteiger partial charge in [0.25, 0.3) is 5.69 Å². The third-order valence-electron chi connectivity index (χ3n) is 3.42. The topological polar surface area (TPSA) is 68.1 Å². The van der Waals surface area contributed by atoms with E-state index in [1.807, 2.05) is 0 Å². The number of nitrogens with one attached hydrogen (secondary N) is 1. The van der Waals surface area contributed by atoms with E-state index in [4.69, 9.17) is 0 Å². The zero-order valence-corrected chi connectivity index (χ0v) is 12.0. The zero-order chi connectivity index (χ0) is 17.3. The summed E-state index contributed by atoms with van der Waals surface area (Å²) in [4.78, 5) is 14.6. The van der Waals surface area contributed by atoms with Crippen LogP contribution < -0.4 is 5.32 Å². The van der Waals surface area contributed by atoms with Gasteiger partial charge in [0.15, 0.2) is 0 Å². The minimum Gasteiger partial charge on any atom is -0.356 e. The molecule has 1 heterocycles. The van der Waals surface area contributed by atoms with Crippen molar-refractivity contribution in [2.45, 2.75) is 6.18 Å². The van der Waals surface area contributed by atoms with Crippen LogP contribution in [0.4, 0.5) is 30.2 Å². The molecule has 0 bridgehead atoms. The van der Waals surface area contributed by atoms with Gasteiger partial charge in [-0.2, -0.15) is 13.2 Å². The maximum atomic E-state index is 12.5. The minimum absolute atomic E-state index is 0.0870. The fourth-order valence-electron chi connectivity index (χ4n) is 2.28. The highest BCUT2D eigenvalue weighted by Crippen LogP contribution is 2.31. The molecule has 0 fully saturated rings. The highest BCUT2D eigenvalue weighted by Gasteiger charge is 2.29. The SMILES string of the molecule is O=[N+]([O-])c1ccnc2ccc(Nc3ccc(C(F)(F)F)cc3)cc12. The minimum atomic E-state index is -4.40. The first-order valence-electron chi connectivity index (χ1n) is 6.82. The van der Waals surface area contributed by atoms with Crippen molar-refractivity contribution in [2.75, 3.05) is 5.32 Å². The molecule has 1 N–H and O–H groups in total. The Labute approximate surface area is 133 Å². The van der Waals surface area contributed by atoms with E-state index < -0.39 is 16.7 Å². The number of fused-ring (bicyclic) bond motifs is 1. The van der Waals surface area contributed by atoms with Crippen LogP contribution in [0.5, 0.6) is 0 Å². The molecule has 0 aliphatic rings. The number of hydrogen-bond donors (Lipinski definition) is 1. The van der Waals surface area contributed by atoms with Crippen LogP contribution in [0.1, 0.15) is 5.56 Å². The van der Waals surface area contributed by atoms with Crippen molar-refractivity contribution < 1.29 is 18.1 Å². The summed E-state index contributed by atoms with van der Waals surface area (Å²) in [6.07, 6.45) is -3.04. The van der Waals surface area contributed by atoms with Gasteiger partial charge in [0.1, 0.15) is 0 Å². The lowest BCUT2D eigenvalue weighted by Crippen LogP contribution is -2.04. The van der Waals surface area contributed by atoms with Crippen molar-refractivity contribution in [3.63, 3.8) is 0 Å². The standard InChI is InChI=1S/C16H10F3N3O2/c17-16(18,19)10-1-3-11(4-2-10)21-12-5-6-14-13(9-12)15(22(23)24)7-8-20-14/h1-9,21H. The Hall–Kier alpha value is -3.16. The molecule has 0 saturated carbocycles. The Morgan fingerprint density at radius 2 is 1.67 bits per heavy atom. The second-order valence-electron chi connectivity index (χ2n) is 5.02. The monoisotopic (exact) mass is 333 g/mol. The fraction of sp³-hybridized carbons (Fsp3) is 0.0625. The molecule has 3 aromatic rings. The first-order valence-corrected chi connectivity index (χ1v) is 6.82. The maximum Gasteiger partial charge on any atom is 0.416 e. The van der Waals surface area contributed by atoms with Crippen LogP contribution in [0.2, 0.25) is 0 Å². The van der Waals surface area contributed by atoms with Crippen molar-refractivity contribution in [1.29, 1.82) is 0 Å². The Bertz CT molecular complexity index is 909. The summed E-state index contributed by atoms with van der Waals surface area (Å²) in [5.41, 5.74) is 0.580. The van der Waals surface area contributed by atoms with Crippen LogP contribution in [-0.4, -0.2) is 9.91 Å². The first kappa shape index (κ1) is 15.7. The van der Waals surface area contributed by atoms with E-state index in [0.29, 0.717) is 22.3 Å². The quantitative estimate of drug-likeness (QED) is 0.546. The molecule has 0 amide bonds. The molecule has 0 aliphatic heterocycles. The normalized spacial score (nSPS) is 11.5. The summed E-state index contributed by atoms with van der Waals surface area (Å²) in [5.74, 6) is 0. The Kier molecular flexibility index (Phi) is 3.80. The van der Waals surface area contributed by atoms with Crippen LogP contribution in [0.3, 0.4) is 0 Å². The summed E-state index contributed by atoms with van der Waals surface area (Å²) >= 11 is 0. The van der Waals surface area contributed by atoms with Gasteiger partial charge in [-0.25, -0.2) is 0 Å². The van der Waals surface area contributed by atoms with Crippen LogP contribution in [0.15, 0.2) is 54.7 Å². The molecule has 1 aromatic heterocycles. The summed E-state index contributed by atoms with van der Waals surface area (Å²) in [7, 11) is 0. The molecule has 24 heavy (non-hydrogen) atoms. The molecule has 2 aromatic carbocycles. The highest BCUT2D eigenvalue weighted by molar-refractivity contribution is 5.90. The number of nitro groups is 1. The lowest BCUT2D eigenvalue weighted by molar-refractivity contribution is -0.383. The van der Waals surface area contributed by atoms with E-state index in [2.05, 4.69) is 10.3 Å². The van der Waals surface area contributed by atoms with Crippen LogP contribution in [0, 0.1) is 10.1 Å². The average molecular weight is 333 g/mol. The van der Waals surface area contributed by atoms with Gasteiger partial charge in [-0.15, -0.1) is 0 Å². The predicted molar refractivity (Wildman–Crippen MR) is 83.1 cm³/mol. The van der Waals surface area contributed by atoms with Gasteiger partial charge in [0, 0.05) is 23.6 Å². The van der Waals surface area contributed by atoms with Gasteiger partial charge >= 0.3 is 6.18 Å². The lowest BCUT2D eigenvalue weighted by Gasteiger charge is -2.10. The van der Waals surface area contributed by atoms with E-state index in [-0.39, 0.29) is 5.69 Å². The van der Waals surface area contributed by atoms with Crippen LogP contribution in [0.25, 0.3) is 10.9 Å². The highest BCUT2D eigenvalue weighted by atomic mass is 19.4. The van der Waals surface area contributed by atoms with Crippen molar-refractivity contribution >= 4 is 28.0 Å².